The maximum atomic E-state index is 6.30. The van der Waals surface area contributed by atoms with E-state index in [1.165, 1.54) is 11.1 Å². The molecule has 3 rings (SSSR count). The molecule has 26 heavy (non-hydrogen) atoms. The number of benzene rings is 2. The minimum Gasteiger partial charge on any atom is -0.396 e. The molecule has 0 atom stereocenters. The van der Waals surface area contributed by atoms with E-state index in [9.17, 15) is 0 Å². The summed E-state index contributed by atoms with van der Waals surface area (Å²) in [7, 11) is 0. The van der Waals surface area contributed by atoms with Crippen LogP contribution >= 0.6 is 0 Å². The van der Waals surface area contributed by atoms with E-state index in [2.05, 4.69) is 74.7 Å². The van der Waals surface area contributed by atoms with Crippen LogP contribution in [0.5, 0.6) is 0 Å². The second-order valence-corrected chi connectivity index (χ2v) is 6.87. The lowest BCUT2D eigenvalue weighted by Gasteiger charge is -2.18. The van der Waals surface area contributed by atoms with Gasteiger partial charge in [-0.1, -0.05) is 36.4 Å². The Morgan fingerprint density at radius 2 is 1.15 bits per heavy atom. The van der Waals surface area contributed by atoms with Gasteiger partial charge in [-0.3, -0.25) is 0 Å². The van der Waals surface area contributed by atoms with E-state index in [1.807, 2.05) is 13.0 Å². The van der Waals surface area contributed by atoms with Gasteiger partial charge >= 0.3 is 0 Å². The summed E-state index contributed by atoms with van der Waals surface area (Å²) in [4.78, 5) is 4.74. The minimum absolute atomic E-state index is 0.666. The Morgan fingerprint density at radius 3 is 1.65 bits per heavy atom. The third kappa shape index (κ3) is 3.49. The number of nitrogens with two attached hydrogens (primary N) is 1. The van der Waals surface area contributed by atoms with Gasteiger partial charge < -0.3 is 16.4 Å². The highest BCUT2D eigenvalue weighted by Crippen LogP contribution is 2.31. The van der Waals surface area contributed by atoms with Gasteiger partial charge in [-0.2, -0.15) is 0 Å². The Morgan fingerprint density at radius 1 is 0.692 bits per heavy atom. The van der Waals surface area contributed by atoms with E-state index < -0.39 is 0 Å². The molecule has 3 aromatic rings. The largest absolute Gasteiger partial charge is 0.396 e. The molecule has 0 saturated heterocycles. The Labute approximate surface area is 155 Å². The second kappa shape index (κ2) is 7.08. The van der Waals surface area contributed by atoms with E-state index in [1.54, 1.807) is 0 Å². The van der Waals surface area contributed by atoms with Gasteiger partial charge in [-0.15, -0.1) is 0 Å². The van der Waals surface area contributed by atoms with Crippen molar-refractivity contribution in [3.8, 4) is 0 Å². The Kier molecular flexibility index (Phi) is 4.85. The summed E-state index contributed by atoms with van der Waals surface area (Å²) in [6.45, 7) is 10.3. The second-order valence-electron chi connectivity index (χ2n) is 6.87. The van der Waals surface area contributed by atoms with Crippen molar-refractivity contribution in [2.24, 2.45) is 0 Å². The first kappa shape index (κ1) is 17.8. The van der Waals surface area contributed by atoms with Crippen molar-refractivity contribution in [3.63, 3.8) is 0 Å². The quantitative estimate of drug-likeness (QED) is 0.567. The van der Waals surface area contributed by atoms with Crippen molar-refractivity contribution in [2.75, 3.05) is 16.4 Å². The molecule has 4 nitrogen and oxygen atoms in total. The highest BCUT2D eigenvalue weighted by molar-refractivity contribution is 5.77. The molecule has 0 bridgehead atoms. The molecule has 4 heteroatoms. The maximum Gasteiger partial charge on any atom is 0.156 e. The summed E-state index contributed by atoms with van der Waals surface area (Å²) in [5.74, 6) is 1.46. The number of nitrogen functional groups attached to an aromatic ring is 1. The molecule has 134 valence electrons. The van der Waals surface area contributed by atoms with Gasteiger partial charge in [0.2, 0.25) is 0 Å². The SMILES string of the molecule is Cc1cc(Nc2c(C)cccc2C)nc(Nc2c(C)cccc2C)c1N. The monoisotopic (exact) mass is 346 g/mol. The third-order valence-electron chi connectivity index (χ3n) is 4.72. The number of aromatic nitrogens is 1. The molecule has 1 aromatic heterocycles. The highest BCUT2D eigenvalue weighted by atomic mass is 15.1. The first-order chi connectivity index (χ1) is 12.4. The van der Waals surface area contributed by atoms with Crippen molar-refractivity contribution in [2.45, 2.75) is 34.6 Å². The maximum absolute atomic E-state index is 6.30. The van der Waals surface area contributed by atoms with Crippen LogP contribution < -0.4 is 16.4 Å². The first-order valence-electron chi connectivity index (χ1n) is 8.80. The number of hydrogen-bond donors (Lipinski definition) is 3. The zero-order valence-corrected chi connectivity index (χ0v) is 16.1. The Balaban J connectivity index is 2.00. The summed E-state index contributed by atoms with van der Waals surface area (Å²) >= 11 is 0. The van der Waals surface area contributed by atoms with Gasteiger partial charge in [0.15, 0.2) is 5.82 Å². The average molecular weight is 346 g/mol. The van der Waals surface area contributed by atoms with Gasteiger partial charge in [-0.05, 0) is 68.5 Å². The lowest BCUT2D eigenvalue weighted by molar-refractivity contribution is 1.24. The van der Waals surface area contributed by atoms with Crippen LogP contribution in [0.1, 0.15) is 27.8 Å². The molecule has 0 saturated carbocycles. The summed E-state index contributed by atoms with van der Waals surface area (Å²) < 4.78 is 0. The summed E-state index contributed by atoms with van der Waals surface area (Å²) in [5.41, 5.74) is 14.8. The smallest absolute Gasteiger partial charge is 0.156 e. The lowest BCUT2D eigenvalue weighted by atomic mass is 10.1. The van der Waals surface area contributed by atoms with Crippen LogP contribution in [0, 0.1) is 34.6 Å². The number of nitrogens with one attached hydrogen (secondary N) is 2. The highest BCUT2D eigenvalue weighted by Gasteiger charge is 2.12. The predicted octanol–water partition coefficient (Wildman–Crippen LogP) is 5.69. The summed E-state index contributed by atoms with van der Waals surface area (Å²) in [6, 6.07) is 14.4. The minimum atomic E-state index is 0.666. The van der Waals surface area contributed by atoms with Crippen molar-refractivity contribution < 1.29 is 0 Å². The fourth-order valence-corrected chi connectivity index (χ4v) is 3.11. The zero-order valence-electron chi connectivity index (χ0n) is 16.1. The first-order valence-corrected chi connectivity index (χ1v) is 8.80. The van der Waals surface area contributed by atoms with Gasteiger partial charge in [-0.25, -0.2) is 4.98 Å². The summed E-state index contributed by atoms with van der Waals surface area (Å²) in [6.07, 6.45) is 0. The number of nitrogens with zero attached hydrogens (tertiary/aromatic N) is 1. The lowest BCUT2D eigenvalue weighted by Crippen LogP contribution is -2.06. The van der Waals surface area contributed by atoms with E-state index in [0.29, 0.717) is 11.5 Å². The van der Waals surface area contributed by atoms with Crippen LogP contribution in [0.15, 0.2) is 42.5 Å². The number of para-hydroxylation sites is 2. The van der Waals surface area contributed by atoms with Crippen LogP contribution in [0.25, 0.3) is 0 Å². The molecule has 4 N–H and O–H groups in total. The molecule has 0 radical (unpaired) electrons. The Bertz CT molecular complexity index is 920. The van der Waals surface area contributed by atoms with Gasteiger partial charge in [0.1, 0.15) is 5.82 Å². The van der Waals surface area contributed by atoms with E-state index in [4.69, 9.17) is 10.7 Å². The molecular weight excluding hydrogens is 320 g/mol. The topological polar surface area (TPSA) is 63.0 Å². The molecule has 0 aliphatic rings. The van der Waals surface area contributed by atoms with Crippen molar-refractivity contribution in [3.05, 3.63) is 70.3 Å². The average Bonchev–Trinajstić information content (AvgIpc) is 2.58. The van der Waals surface area contributed by atoms with Crippen LogP contribution in [0.2, 0.25) is 0 Å². The Hall–Kier alpha value is -3.01. The van der Waals surface area contributed by atoms with E-state index in [-0.39, 0.29) is 0 Å². The van der Waals surface area contributed by atoms with Gasteiger partial charge in [0.05, 0.1) is 5.69 Å². The zero-order chi connectivity index (χ0) is 18.8. The fraction of sp³-hybridized carbons (Fsp3) is 0.227. The molecular formula is C22H26N4. The summed E-state index contributed by atoms with van der Waals surface area (Å²) in [5, 5.41) is 6.89. The number of rotatable bonds is 4. The van der Waals surface area contributed by atoms with Gasteiger partial charge in [0.25, 0.3) is 0 Å². The van der Waals surface area contributed by atoms with Crippen LogP contribution in [0.4, 0.5) is 28.7 Å². The number of hydrogen-bond acceptors (Lipinski definition) is 4. The molecule has 0 spiro atoms. The number of anilines is 5. The van der Waals surface area contributed by atoms with Crippen molar-refractivity contribution in [1.29, 1.82) is 0 Å². The van der Waals surface area contributed by atoms with E-state index >= 15 is 0 Å². The van der Waals surface area contributed by atoms with Gasteiger partial charge in [0, 0.05) is 11.4 Å². The molecule has 0 amide bonds. The standard InChI is InChI=1S/C22H26N4/c1-13-8-6-9-14(2)20(13)24-18-12-17(5)19(23)22(25-18)26-21-15(3)10-7-11-16(21)4/h6-12H,23H2,1-5H3,(H2,24,25,26). The molecule has 2 aromatic carbocycles. The molecule has 0 fully saturated rings. The van der Waals surface area contributed by atoms with E-state index in [0.717, 1.165) is 33.9 Å². The molecule has 0 aliphatic carbocycles. The predicted molar refractivity (Wildman–Crippen MR) is 112 cm³/mol. The number of aryl methyl sites for hydroxylation is 5. The molecule has 0 aliphatic heterocycles. The molecule has 0 unspecified atom stereocenters. The fourth-order valence-electron chi connectivity index (χ4n) is 3.11. The third-order valence-corrected chi connectivity index (χ3v) is 4.72. The van der Waals surface area contributed by atoms with Crippen molar-refractivity contribution in [1.82, 2.24) is 4.98 Å². The normalized spacial score (nSPS) is 10.7. The van der Waals surface area contributed by atoms with Crippen LogP contribution in [-0.4, -0.2) is 4.98 Å². The number of pyridine rings is 1. The molecule has 1 heterocycles. The van der Waals surface area contributed by atoms with Crippen molar-refractivity contribution >= 4 is 28.7 Å². The van der Waals surface area contributed by atoms with Crippen LogP contribution in [0.3, 0.4) is 0 Å². The van der Waals surface area contributed by atoms with Crippen LogP contribution in [-0.2, 0) is 0 Å².